The van der Waals surface area contributed by atoms with Crippen LogP contribution in [-0.2, 0) is 32.7 Å². The van der Waals surface area contributed by atoms with Gasteiger partial charge < -0.3 is 33.0 Å². The number of ether oxygens (including phenoxy) is 2. The molecule has 1 N–H and O–H groups in total. The van der Waals surface area contributed by atoms with E-state index in [1.54, 1.807) is 0 Å². The second-order valence-corrected chi connectivity index (χ2v) is 17.5. The van der Waals surface area contributed by atoms with Gasteiger partial charge in [-0.1, -0.05) is 130 Å². The number of likely N-dealkylation sites (N-methyl/N-ethyl adjacent to an activating group) is 1. The molecule has 0 fully saturated rings. The van der Waals surface area contributed by atoms with E-state index >= 15 is 0 Å². The zero-order chi connectivity index (χ0) is 45.0. The fourth-order valence-electron chi connectivity index (χ4n) is 5.49. The summed E-state index contributed by atoms with van der Waals surface area (Å²) in [6, 6.07) is 0. The van der Waals surface area contributed by atoms with E-state index in [1.165, 1.54) is 25.7 Å². The van der Waals surface area contributed by atoms with Crippen LogP contribution in [0.4, 0.5) is 0 Å². The number of phosphoric acid groups is 1. The van der Waals surface area contributed by atoms with Crippen LogP contribution >= 0.6 is 7.82 Å². The largest absolute Gasteiger partial charge is 0.756 e. The number of hydrogen-bond acceptors (Lipinski definition) is 9. The Balaban J connectivity index is 4.51. The van der Waals surface area contributed by atoms with E-state index in [1.807, 2.05) is 27.2 Å². The van der Waals surface area contributed by atoms with Gasteiger partial charge in [0.2, 0.25) is 0 Å². The molecule has 61 heavy (non-hydrogen) atoms. The molecule has 0 radical (unpaired) electrons. The van der Waals surface area contributed by atoms with Gasteiger partial charge in [-0.25, -0.2) is 0 Å². The summed E-state index contributed by atoms with van der Waals surface area (Å²) in [6.45, 7) is 2.07. The Morgan fingerprint density at radius 2 is 0.984 bits per heavy atom. The van der Waals surface area contributed by atoms with Crippen molar-refractivity contribution in [1.82, 2.24) is 0 Å². The van der Waals surface area contributed by atoms with Crippen molar-refractivity contribution >= 4 is 19.8 Å². The Kier molecular flexibility index (Phi) is 40.1. The smallest absolute Gasteiger partial charge is 0.306 e. The van der Waals surface area contributed by atoms with Gasteiger partial charge in [-0.15, -0.1) is 0 Å². The number of nitrogens with zero attached hydrogens (tertiary/aromatic N) is 1. The lowest BCUT2D eigenvalue weighted by Gasteiger charge is -2.28. The Bertz CT molecular complexity index is 1360. The molecule has 0 heterocycles. The van der Waals surface area contributed by atoms with Gasteiger partial charge in [-0.3, -0.25) is 14.2 Å². The molecule has 0 amide bonds. The van der Waals surface area contributed by atoms with Crippen LogP contribution in [0.1, 0.15) is 148 Å². The van der Waals surface area contributed by atoms with Gasteiger partial charge in [-0.05, 0) is 103 Å². The Morgan fingerprint density at radius 1 is 0.557 bits per heavy atom. The lowest BCUT2D eigenvalue weighted by molar-refractivity contribution is -0.870. The average Bonchev–Trinajstić information content (AvgIpc) is 3.21. The number of unbranched alkanes of at least 4 members (excludes halogenated alkanes) is 10. The number of esters is 2. The molecule has 0 rings (SSSR count). The molecule has 0 aliphatic carbocycles. The number of aliphatic hydroxyl groups excluding tert-OH is 1. The number of hydrogen-bond donors (Lipinski definition) is 1. The normalized spacial score (nSPS) is 14.4. The fraction of sp³-hybridized carbons (Fsp3) is 0.640. The highest BCUT2D eigenvalue weighted by Crippen LogP contribution is 2.38. The first-order chi connectivity index (χ1) is 29.5. The van der Waals surface area contributed by atoms with E-state index in [4.69, 9.17) is 23.6 Å². The molecule has 0 spiro atoms. The highest BCUT2D eigenvalue weighted by Gasteiger charge is 2.21. The lowest BCUT2D eigenvalue weighted by atomic mass is 10.1. The molecule has 0 aliphatic heterocycles. The van der Waals surface area contributed by atoms with Crippen LogP contribution in [0.3, 0.4) is 0 Å². The highest BCUT2D eigenvalue weighted by molar-refractivity contribution is 7.45. The maximum Gasteiger partial charge on any atom is 0.306 e. The third-order valence-corrected chi connectivity index (χ3v) is 10.1. The number of quaternary nitrogens is 1. The van der Waals surface area contributed by atoms with Crippen LogP contribution in [0.5, 0.6) is 0 Å². The van der Waals surface area contributed by atoms with Crippen molar-refractivity contribution in [1.29, 1.82) is 0 Å². The summed E-state index contributed by atoms with van der Waals surface area (Å²) >= 11 is 0. The van der Waals surface area contributed by atoms with E-state index in [-0.39, 0.29) is 32.7 Å². The van der Waals surface area contributed by atoms with Crippen LogP contribution in [0, 0.1) is 0 Å². The predicted molar refractivity (Wildman–Crippen MR) is 251 cm³/mol. The number of carbonyl (C=O) groups is 2. The van der Waals surface area contributed by atoms with Crippen molar-refractivity contribution in [3.8, 4) is 0 Å². The van der Waals surface area contributed by atoms with Crippen molar-refractivity contribution in [3.05, 3.63) is 97.2 Å². The van der Waals surface area contributed by atoms with Gasteiger partial charge in [-0.2, -0.15) is 0 Å². The monoisotopic (exact) mass is 874 g/mol. The van der Waals surface area contributed by atoms with E-state index in [0.717, 1.165) is 83.5 Å². The number of phosphoric ester groups is 1. The van der Waals surface area contributed by atoms with Crippen molar-refractivity contribution in [2.24, 2.45) is 0 Å². The zero-order valence-corrected chi connectivity index (χ0v) is 39.4. The summed E-state index contributed by atoms with van der Waals surface area (Å²) < 4.78 is 33.8. The Morgan fingerprint density at radius 3 is 1.44 bits per heavy atom. The van der Waals surface area contributed by atoms with Crippen LogP contribution in [-0.4, -0.2) is 81.7 Å². The average molecular weight is 874 g/mol. The minimum Gasteiger partial charge on any atom is -0.756 e. The molecule has 10 nitrogen and oxygen atoms in total. The number of allylic oxidation sites excluding steroid dienone is 16. The fourth-order valence-corrected chi connectivity index (χ4v) is 6.22. The Hall–Kier alpha value is -3.11. The van der Waals surface area contributed by atoms with Crippen molar-refractivity contribution < 1.29 is 47.2 Å². The molecule has 0 aromatic rings. The van der Waals surface area contributed by atoms with Crippen molar-refractivity contribution in [2.75, 3.05) is 54.1 Å². The zero-order valence-electron chi connectivity index (χ0n) is 38.5. The van der Waals surface area contributed by atoms with E-state index in [9.17, 15) is 19.0 Å². The summed E-state index contributed by atoms with van der Waals surface area (Å²) in [5.74, 6) is -0.961. The standard InChI is InChI=1S/C50H84NO9P/c1-5-6-7-8-9-10-11-12-13-14-15-17-20-23-26-29-32-35-38-41-49(53)57-46-48(47-59-61(55,56)58-45-43-51(2,3)4)60-50(54)42-39-36-33-30-27-24-21-18-16-19-22-25-28-31-34-37-40-44-52/h9-10,12-13,15-17,19,21,23-26,28,30,33,48,52H,5-8,11,14,18,20,22,27,29,31-32,34-47H2,1-4H3/b10-9-,13-12-,17-15-,19-16-,24-21-,26-23-,28-25-,33-30-/t48-/m1/s1. The van der Waals surface area contributed by atoms with Crippen molar-refractivity contribution in [2.45, 2.75) is 154 Å². The van der Waals surface area contributed by atoms with Crippen LogP contribution in [0.15, 0.2) is 97.2 Å². The molecular formula is C50H84NO9P. The number of aliphatic hydroxyl groups is 1. The second kappa shape index (κ2) is 42.2. The first-order valence-corrected chi connectivity index (χ1v) is 24.5. The first kappa shape index (κ1) is 57.9. The predicted octanol–water partition coefficient (Wildman–Crippen LogP) is 11.7. The summed E-state index contributed by atoms with van der Waals surface area (Å²) in [6.07, 6.45) is 53.1. The van der Waals surface area contributed by atoms with E-state index in [2.05, 4.69) is 98.1 Å². The van der Waals surface area contributed by atoms with Gasteiger partial charge in [0.1, 0.15) is 19.8 Å². The van der Waals surface area contributed by atoms with Gasteiger partial charge in [0, 0.05) is 19.4 Å². The molecular weight excluding hydrogens is 790 g/mol. The summed E-state index contributed by atoms with van der Waals surface area (Å²) in [7, 11) is 1.08. The summed E-state index contributed by atoms with van der Waals surface area (Å²) in [5.41, 5.74) is 0. The van der Waals surface area contributed by atoms with Gasteiger partial charge in [0.15, 0.2) is 6.10 Å². The highest BCUT2D eigenvalue weighted by atomic mass is 31.2. The Labute approximate surface area is 371 Å². The number of rotatable bonds is 41. The van der Waals surface area contributed by atoms with E-state index < -0.39 is 32.5 Å². The number of carbonyl (C=O) groups excluding carboxylic acids is 2. The second-order valence-electron chi connectivity index (χ2n) is 16.1. The molecule has 0 bridgehead atoms. The molecule has 11 heteroatoms. The van der Waals surface area contributed by atoms with Gasteiger partial charge in [0.05, 0.1) is 27.7 Å². The quantitative estimate of drug-likeness (QED) is 0.0210. The lowest BCUT2D eigenvalue weighted by Crippen LogP contribution is -2.37. The van der Waals surface area contributed by atoms with Gasteiger partial charge >= 0.3 is 11.9 Å². The minimum atomic E-state index is -4.66. The molecule has 0 aromatic carbocycles. The maximum absolute atomic E-state index is 12.7. The molecule has 1 unspecified atom stereocenters. The third kappa shape index (κ3) is 46.2. The summed E-state index contributed by atoms with van der Waals surface area (Å²) in [4.78, 5) is 37.6. The third-order valence-electron chi connectivity index (χ3n) is 9.13. The topological polar surface area (TPSA) is 131 Å². The van der Waals surface area contributed by atoms with Crippen LogP contribution in [0.25, 0.3) is 0 Å². The first-order valence-electron chi connectivity index (χ1n) is 23.1. The van der Waals surface area contributed by atoms with Crippen LogP contribution in [0.2, 0.25) is 0 Å². The molecule has 0 aromatic heterocycles. The molecule has 2 atom stereocenters. The summed E-state index contributed by atoms with van der Waals surface area (Å²) in [5, 5.41) is 8.81. The minimum absolute atomic E-state index is 0.0570. The molecule has 0 saturated carbocycles. The SMILES string of the molecule is CCCCC/C=C\C/C=C\C/C=C\C/C=C\CCCCCC(=O)OC[C@H](COP(=O)([O-])OCC[N+](C)(C)C)OC(=O)CCC/C=C\C/C=C\C/C=C\C/C=C\CCCCCO. The van der Waals surface area contributed by atoms with Crippen LogP contribution < -0.4 is 4.89 Å². The molecule has 348 valence electrons. The van der Waals surface area contributed by atoms with Gasteiger partial charge in [0.25, 0.3) is 7.82 Å². The molecule has 0 aliphatic rings. The van der Waals surface area contributed by atoms with Crippen molar-refractivity contribution in [3.63, 3.8) is 0 Å². The maximum atomic E-state index is 12.7. The van der Waals surface area contributed by atoms with E-state index in [0.29, 0.717) is 30.3 Å². The molecule has 0 saturated heterocycles.